The lowest BCUT2D eigenvalue weighted by Gasteiger charge is -2.28. The zero-order valence-electron chi connectivity index (χ0n) is 20.4. The molecule has 0 unspecified atom stereocenters. The molecular formula is C28H29N5OS. The third-order valence-electron chi connectivity index (χ3n) is 6.63. The molecule has 0 amide bonds. The third kappa shape index (κ3) is 4.39. The SMILES string of the molecule is COc1ccc(CN2C(=S)N[C@@H](c3ccccn3)[C@H]2c2cc(C)n(-c3cc(C)ccn3)c2C)cc1. The van der Waals surface area contributed by atoms with Crippen LogP contribution in [0, 0.1) is 20.8 Å². The number of thiocarbonyl (C=S) groups is 1. The Morgan fingerprint density at radius 2 is 1.77 bits per heavy atom. The van der Waals surface area contributed by atoms with Gasteiger partial charge < -0.3 is 19.5 Å². The highest BCUT2D eigenvalue weighted by Crippen LogP contribution is 2.42. The standard InChI is InChI=1S/C28H29N5OS/c1-18-12-14-30-25(15-18)33-19(2)16-23(20(33)3)27-26(24-7-5-6-13-29-24)31-28(35)32(27)17-21-8-10-22(34-4)11-9-21/h5-16,26-27H,17H2,1-4H3,(H,31,35)/t26-,27+/m0/s1. The van der Waals surface area contributed by atoms with Gasteiger partial charge in [0.1, 0.15) is 11.6 Å². The third-order valence-corrected chi connectivity index (χ3v) is 6.98. The minimum atomic E-state index is -0.0682. The molecule has 2 atom stereocenters. The number of hydrogen-bond donors (Lipinski definition) is 1. The van der Waals surface area contributed by atoms with Crippen LogP contribution in [0.3, 0.4) is 0 Å². The molecule has 1 aliphatic rings. The summed E-state index contributed by atoms with van der Waals surface area (Å²) < 4.78 is 7.57. The van der Waals surface area contributed by atoms with Crippen molar-refractivity contribution in [3.8, 4) is 11.6 Å². The normalized spacial score (nSPS) is 17.5. The van der Waals surface area contributed by atoms with Crippen molar-refractivity contribution >= 4 is 17.3 Å². The molecule has 1 aliphatic heterocycles. The summed E-state index contributed by atoms with van der Waals surface area (Å²) in [6, 6.07) is 20.5. The van der Waals surface area contributed by atoms with Crippen LogP contribution < -0.4 is 10.1 Å². The first-order valence-electron chi connectivity index (χ1n) is 11.7. The molecule has 1 fully saturated rings. The van der Waals surface area contributed by atoms with E-state index in [1.54, 1.807) is 7.11 Å². The van der Waals surface area contributed by atoms with Gasteiger partial charge in [-0.15, -0.1) is 0 Å². The van der Waals surface area contributed by atoms with Gasteiger partial charge >= 0.3 is 0 Å². The number of aromatic nitrogens is 3. The zero-order valence-corrected chi connectivity index (χ0v) is 21.2. The number of hydrogen-bond acceptors (Lipinski definition) is 4. The highest BCUT2D eigenvalue weighted by atomic mass is 32.1. The highest BCUT2D eigenvalue weighted by molar-refractivity contribution is 7.80. The second-order valence-corrected chi connectivity index (χ2v) is 9.34. The number of aryl methyl sites for hydroxylation is 2. The molecule has 6 nitrogen and oxygen atoms in total. The molecule has 35 heavy (non-hydrogen) atoms. The maximum absolute atomic E-state index is 5.88. The molecule has 4 aromatic rings. The van der Waals surface area contributed by atoms with Crippen LogP contribution in [0.1, 0.15) is 45.9 Å². The maximum atomic E-state index is 5.88. The average Bonchev–Trinajstić information content (AvgIpc) is 3.34. The predicted molar refractivity (Wildman–Crippen MR) is 142 cm³/mol. The molecule has 7 heteroatoms. The van der Waals surface area contributed by atoms with Gasteiger partial charge in [-0.05, 0) is 92.1 Å². The molecule has 1 aromatic carbocycles. The van der Waals surface area contributed by atoms with Crippen molar-refractivity contribution in [3.05, 3.63) is 107 Å². The van der Waals surface area contributed by atoms with E-state index in [0.29, 0.717) is 6.54 Å². The van der Waals surface area contributed by atoms with E-state index in [2.05, 4.69) is 75.9 Å². The predicted octanol–water partition coefficient (Wildman–Crippen LogP) is 5.37. The number of ether oxygens (including phenoxy) is 1. The lowest BCUT2D eigenvalue weighted by molar-refractivity contribution is 0.310. The number of benzene rings is 1. The minimum Gasteiger partial charge on any atom is -0.497 e. The van der Waals surface area contributed by atoms with Crippen molar-refractivity contribution in [1.29, 1.82) is 0 Å². The summed E-state index contributed by atoms with van der Waals surface area (Å²) in [7, 11) is 1.68. The number of nitrogens with one attached hydrogen (secondary N) is 1. The Labute approximate surface area is 211 Å². The van der Waals surface area contributed by atoms with Crippen molar-refractivity contribution in [2.24, 2.45) is 0 Å². The Morgan fingerprint density at radius 1 is 0.971 bits per heavy atom. The Balaban J connectivity index is 1.60. The Hall–Kier alpha value is -3.71. The van der Waals surface area contributed by atoms with E-state index >= 15 is 0 Å². The Morgan fingerprint density at radius 3 is 2.46 bits per heavy atom. The number of rotatable bonds is 6. The van der Waals surface area contributed by atoms with Crippen LogP contribution in [-0.4, -0.2) is 31.7 Å². The van der Waals surface area contributed by atoms with Gasteiger partial charge in [0.25, 0.3) is 0 Å². The number of pyridine rings is 2. The fourth-order valence-electron chi connectivity index (χ4n) is 4.92. The van der Waals surface area contributed by atoms with Crippen molar-refractivity contribution < 1.29 is 4.74 Å². The molecule has 0 saturated carbocycles. The number of methoxy groups -OCH3 is 1. The maximum Gasteiger partial charge on any atom is 0.170 e. The second-order valence-electron chi connectivity index (χ2n) is 8.96. The minimum absolute atomic E-state index is 0.0238. The zero-order chi connectivity index (χ0) is 24.5. The van der Waals surface area contributed by atoms with Crippen LogP contribution in [0.2, 0.25) is 0 Å². The molecule has 0 radical (unpaired) electrons. The van der Waals surface area contributed by atoms with Gasteiger partial charge in [0.05, 0.1) is 24.9 Å². The van der Waals surface area contributed by atoms with Crippen molar-refractivity contribution in [2.45, 2.75) is 39.4 Å². The van der Waals surface area contributed by atoms with Crippen molar-refractivity contribution in [1.82, 2.24) is 24.8 Å². The first-order chi connectivity index (χ1) is 17.0. The monoisotopic (exact) mass is 483 g/mol. The molecule has 3 aromatic heterocycles. The molecule has 0 bridgehead atoms. The summed E-state index contributed by atoms with van der Waals surface area (Å²) in [5.41, 5.74) is 6.81. The highest BCUT2D eigenvalue weighted by Gasteiger charge is 2.41. The lowest BCUT2D eigenvalue weighted by atomic mass is 9.96. The van der Waals surface area contributed by atoms with E-state index in [1.165, 1.54) is 11.1 Å². The second kappa shape index (κ2) is 9.50. The Bertz CT molecular complexity index is 1350. The van der Waals surface area contributed by atoms with E-state index in [9.17, 15) is 0 Å². The average molecular weight is 484 g/mol. The largest absolute Gasteiger partial charge is 0.497 e. The molecule has 5 rings (SSSR count). The van der Waals surface area contributed by atoms with Gasteiger partial charge in [0, 0.05) is 30.3 Å². The summed E-state index contributed by atoms with van der Waals surface area (Å²) >= 11 is 5.88. The van der Waals surface area contributed by atoms with E-state index in [-0.39, 0.29) is 12.1 Å². The van der Waals surface area contributed by atoms with Gasteiger partial charge in [0.15, 0.2) is 5.11 Å². The molecule has 1 saturated heterocycles. The fourth-order valence-corrected chi connectivity index (χ4v) is 5.23. The smallest absolute Gasteiger partial charge is 0.170 e. The van der Waals surface area contributed by atoms with Crippen molar-refractivity contribution in [3.63, 3.8) is 0 Å². The summed E-state index contributed by atoms with van der Waals surface area (Å²) in [4.78, 5) is 11.6. The summed E-state index contributed by atoms with van der Waals surface area (Å²) in [6.07, 6.45) is 3.70. The summed E-state index contributed by atoms with van der Waals surface area (Å²) in [5.74, 6) is 1.77. The molecular weight excluding hydrogens is 454 g/mol. The van der Waals surface area contributed by atoms with Crippen LogP contribution in [-0.2, 0) is 6.54 Å². The van der Waals surface area contributed by atoms with Gasteiger partial charge in [-0.1, -0.05) is 18.2 Å². The van der Waals surface area contributed by atoms with E-state index in [1.807, 2.05) is 42.7 Å². The first kappa shape index (κ1) is 23.1. The van der Waals surface area contributed by atoms with E-state index in [4.69, 9.17) is 17.0 Å². The van der Waals surface area contributed by atoms with Gasteiger partial charge in [-0.2, -0.15) is 0 Å². The van der Waals surface area contributed by atoms with Crippen LogP contribution in [0.15, 0.2) is 73.1 Å². The molecule has 4 heterocycles. The van der Waals surface area contributed by atoms with Crippen LogP contribution >= 0.6 is 12.2 Å². The quantitative estimate of drug-likeness (QED) is 0.372. The van der Waals surface area contributed by atoms with Crippen LogP contribution in [0.25, 0.3) is 5.82 Å². The number of nitrogens with zero attached hydrogens (tertiary/aromatic N) is 4. The van der Waals surface area contributed by atoms with E-state index in [0.717, 1.165) is 39.3 Å². The van der Waals surface area contributed by atoms with Crippen LogP contribution in [0.4, 0.5) is 0 Å². The van der Waals surface area contributed by atoms with Crippen LogP contribution in [0.5, 0.6) is 5.75 Å². The fraction of sp³-hybridized carbons (Fsp3) is 0.250. The Kier molecular flexibility index (Phi) is 6.26. The lowest BCUT2D eigenvalue weighted by Crippen LogP contribution is -2.29. The first-order valence-corrected chi connectivity index (χ1v) is 12.1. The van der Waals surface area contributed by atoms with Crippen molar-refractivity contribution in [2.75, 3.05) is 7.11 Å². The molecule has 1 N–H and O–H groups in total. The molecule has 178 valence electrons. The van der Waals surface area contributed by atoms with Gasteiger partial charge in [-0.3, -0.25) is 4.98 Å². The topological polar surface area (TPSA) is 55.2 Å². The summed E-state index contributed by atoms with van der Waals surface area (Å²) in [5, 5.41) is 4.28. The molecule has 0 spiro atoms. The molecule has 0 aliphatic carbocycles. The van der Waals surface area contributed by atoms with E-state index < -0.39 is 0 Å². The summed E-state index contributed by atoms with van der Waals surface area (Å²) in [6.45, 7) is 7.06. The van der Waals surface area contributed by atoms with Gasteiger partial charge in [-0.25, -0.2) is 4.98 Å². The van der Waals surface area contributed by atoms with Gasteiger partial charge in [0.2, 0.25) is 0 Å².